The summed E-state index contributed by atoms with van der Waals surface area (Å²) < 4.78 is 5.34. The van der Waals surface area contributed by atoms with E-state index >= 15 is 0 Å². The molecule has 2 aromatic rings. The molecule has 17 heavy (non-hydrogen) atoms. The van der Waals surface area contributed by atoms with Crippen LogP contribution >= 0.6 is 23.2 Å². The second-order valence-electron chi connectivity index (χ2n) is 3.81. The summed E-state index contributed by atoms with van der Waals surface area (Å²) >= 11 is 11.8. The number of rotatable bonds is 3. The van der Waals surface area contributed by atoms with Gasteiger partial charge in [0.1, 0.15) is 10.9 Å². The molecule has 0 amide bonds. The van der Waals surface area contributed by atoms with Crippen LogP contribution in [-0.4, -0.2) is 4.98 Å². The minimum Gasteiger partial charge on any atom is -0.467 e. The lowest BCUT2D eigenvalue weighted by atomic mass is 10.2. The molecule has 1 N–H and O–H groups in total. The maximum atomic E-state index is 6.03. The van der Waals surface area contributed by atoms with Crippen molar-refractivity contribution in [2.24, 2.45) is 0 Å². The molecule has 0 saturated carbocycles. The van der Waals surface area contributed by atoms with E-state index in [9.17, 15) is 0 Å². The van der Waals surface area contributed by atoms with Crippen molar-refractivity contribution in [3.63, 3.8) is 0 Å². The number of nitrogens with zero attached hydrogens (tertiary/aromatic N) is 1. The van der Waals surface area contributed by atoms with Gasteiger partial charge in [-0.05, 0) is 37.1 Å². The molecule has 0 aliphatic carbocycles. The topological polar surface area (TPSA) is 38.1 Å². The van der Waals surface area contributed by atoms with Gasteiger partial charge in [0.15, 0.2) is 5.15 Å². The van der Waals surface area contributed by atoms with Gasteiger partial charge in [0.05, 0.1) is 18.5 Å². The van der Waals surface area contributed by atoms with Crippen LogP contribution in [0.5, 0.6) is 0 Å². The van der Waals surface area contributed by atoms with Crippen molar-refractivity contribution in [2.45, 2.75) is 20.4 Å². The van der Waals surface area contributed by atoms with Gasteiger partial charge in [-0.3, -0.25) is 0 Å². The van der Waals surface area contributed by atoms with Gasteiger partial charge < -0.3 is 9.73 Å². The summed E-state index contributed by atoms with van der Waals surface area (Å²) in [5, 5.41) is 3.97. The molecule has 0 unspecified atom stereocenters. The highest BCUT2D eigenvalue weighted by Crippen LogP contribution is 2.27. The molecule has 0 radical (unpaired) electrons. The van der Waals surface area contributed by atoms with E-state index in [1.54, 1.807) is 12.3 Å². The van der Waals surface area contributed by atoms with E-state index in [4.69, 9.17) is 27.6 Å². The molecule has 2 heterocycles. The molecule has 0 aliphatic rings. The highest BCUT2D eigenvalue weighted by molar-refractivity contribution is 6.34. The Labute approximate surface area is 110 Å². The Bertz CT molecular complexity index is 514. The third-order valence-corrected chi connectivity index (χ3v) is 3.00. The van der Waals surface area contributed by atoms with Crippen LogP contribution in [0.3, 0.4) is 0 Å². The zero-order valence-electron chi connectivity index (χ0n) is 9.55. The molecule has 3 nitrogen and oxygen atoms in total. The fraction of sp³-hybridized carbons (Fsp3) is 0.250. The van der Waals surface area contributed by atoms with E-state index in [1.165, 1.54) is 0 Å². The minimum atomic E-state index is 0.374. The number of anilines is 1. The van der Waals surface area contributed by atoms with Crippen LogP contribution in [0.4, 0.5) is 5.69 Å². The Kier molecular flexibility index (Phi) is 3.60. The molecule has 2 aromatic heterocycles. The Morgan fingerprint density at radius 2 is 2.06 bits per heavy atom. The summed E-state index contributed by atoms with van der Waals surface area (Å²) in [6, 6.07) is 3.69. The lowest BCUT2D eigenvalue weighted by Crippen LogP contribution is -2.03. The summed E-state index contributed by atoms with van der Waals surface area (Å²) in [6.07, 6.45) is 1.67. The highest BCUT2D eigenvalue weighted by atomic mass is 35.5. The Balaban J connectivity index is 2.17. The molecule has 0 saturated heterocycles. The van der Waals surface area contributed by atoms with Crippen molar-refractivity contribution in [3.8, 4) is 0 Å². The van der Waals surface area contributed by atoms with Crippen molar-refractivity contribution in [1.82, 2.24) is 4.98 Å². The third kappa shape index (κ3) is 2.73. The fourth-order valence-electron chi connectivity index (χ4n) is 1.56. The van der Waals surface area contributed by atoms with Gasteiger partial charge >= 0.3 is 0 Å². The molecule has 5 heteroatoms. The minimum absolute atomic E-state index is 0.374. The van der Waals surface area contributed by atoms with Crippen LogP contribution in [0, 0.1) is 13.8 Å². The largest absolute Gasteiger partial charge is 0.467 e. The molecule has 0 fully saturated rings. The van der Waals surface area contributed by atoms with Gasteiger partial charge in [-0.25, -0.2) is 4.98 Å². The fourth-order valence-corrected chi connectivity index (χ4v) is 2.16. The van der Waals surface area contributed by atoms with E-state index in [1.807, 2.05) is 19.9 Å². The summed E-state index contributed by atoms with van der Waals surface area (Å²) in [5.41, 5.74) is 2.85. The summed E-state index contributed by atoms with van der Waals surface area (Å²) in [6.45, 7) is 4.49. The standard InChI is InChI=1S/C12H12Cl2N2O/c1-7-3-4-17-9(7)6-15-11-8(2)5-10(13)16-12(11)14/h3-5,15H,6H2,1-2H3. The summed E-state index contributed by atoms with van der Waals surface area (Å²) in [7, 11) is 0. The highest BCUT2D eigenvalue weighted by Gasteiger charge is 2.09. The molecular formula is C12H12Cl2N2O. The van der Waals surface area contributed by atoms with Crippen LogP contribution in [0.1, 0.15) is 16.9 Å². The van der Waals surface area contributed by atoms with Crippen LogP contribution in [-0.2, 0) is 6.54 Å². The zero-order chi connectivity index (χ0) is 12.4. The lowest BCUT2D eigenvalue weighted by molar-refractivity contribution is 0.515. The molecule has 0 aliphatic heterocycles. The third-order valence-electron chi connectivity index (χ3n) is 2.54. The van der Waals surface area contributed by atoms with E-state index in [0.29, 0.717) is 16.9 Å². The van der Waals surface area contributed by atoms with Crippen molar-refractivity contribution in [1.29, 1.82) is 0 Å². The number of aromatic nitrogens is 1. The van der Waals surface area contributed by atoms with Crippen LogP contribution in [0.25, 0.3) is 0 Å². The van der Waals surface area contributed by atoms with Gasteiger partial charge in [0.2, 0.25) is 0 Å². The second kappa shape index (κ2) is 4.98. The number of aryl methyl sites for hydroxylation is 2. The van der Waals surface area contributed by atoms with Crippen molar-refractivity contribution in [2.75, 3.05) is 5.32 Å². The van der Waals surface area contributed by atoms with Crippen LogP contribution in [0.15, 0.2) is 22.8 Å². The molecule has 0 spiro atoms. The van der Waals surface area contributed by atoms with Gasteiger partial charge in [-0.1, -0.05) is 23.2 Å². The monoisotopic (exact) mass is 270 g/mol. The molecule has 0 bridgehead atoms. The summed E-state index contributed by atoms with van der Waals surface area (Å²) in [4.78, 5) is 3.99. The van der Waals surface area contributed by atoms with Crippen molar-refractivity contribution in [3.05, 3.63) is 45.6 Å². The molecule has 2 rings (SSSR count). The number of pyridine rings is 1. The maximum absolute atomic E-state index is 6.03. The first-order chi connectivity index (χ1) is 8.08. The number of hydrogen-bond donors (Lipinski definition) is 1. The first-order valence-electron chi connectivity index (χ1n) is 5.17. The van der Waals surface area contributed by atoms with Crippen LogP contribution in [0.2, 0.25) is 10.3 Å². The van der Waals surface area contributed by atoms with Crippen LogP contribution < -0.4 is 5.32 Å². The molecular weight excluding hydrogens is 259 g/mol. The SMILES string of the molecule is Cc1ccoc1CNc1c(C)cc(Cl)nc1Cl. The predicted octanol–water partition coefficient (Wildman–Crippen LogP) is 4.21. The van der Waals surface area contributed by atoms with E-state index in [-0.39, 0.29) is 0 Å². The average Bonchev–Trinajstić information content (AvgIpc) is 2.62. The van der Waals surface area contributed by atoms with Gasteiger partial charge in [-0.2, -0.15) is 0 Å². The lowest BCUT2D eigenvalue weighted by Gasteiger charge is -2.10. The zero-order valence-corrected chi connectivity index (χ0v) is 11.1. The van der Waals surface area contributed by atoms with E-state index in [2.05, 4.69) is 10.3 Å². The Morgan fingerprint density at radius 1 is 1.29 bits per heavy atom. The number of nitrogens with one attached hydrogen (secondary N) is 1. The van der Waals surface area contributed by atoms with Crippen molar-refractivity contribution >= 4 is 28.9 Å². The van der Waals surface area contributed by atoms with E-state index < -0.39 is 0 Å². The maximum Gasteiger partial charge on any atom is 0.154 e. The normalized spacial score (nSPS) is 10.6. The van der Waals surface area contributed by atoms with Gasteiger partial charge in [0, 0.05) is 0 Å². The van der Waals surface area contributed by atoms with Gasteiger partial charge in [-0.15, -0.1) is 0 Å². The Morgan fingerprint density at radius 3 is 2.65 bits per heavy atom. The summed E-state index contributed by atoms with van der Waals surface area (Å²) in [5.74, 6) is 0.885. The number of halogens is 2. The quantitative estimate of drug-likeness (QED) is 0.850. The molecule has 0 atom stereocenters. The molecule has 0 aromatic carbocycles. The first-order valence-corrected chi connectivity index (χ1v) is 5.93. The second-order valence-corrected chi connectivity index (χ2v) is 4.55. The van der Waals surface area contributed by atoms with Crippen molar-refractivity contribution < 1.29 is 4.42 Å². The predicted molar refractivity (Wildman–Crippen MR) is 69.8 cm³/mol. The van der Waals surface area contributed by atoms with Gasteiger partial charge in [0.25, 0.3) is 0 Å². The Hall–Kier alpha value is -1.19. The average molecular weight is 271 g/mol. The first kappa shape index (κ1) is 12.3. The van der Waals surface area contributed by atoms with E-state index in [0.717, 1.165) is 22.6 Å². The smallest absolute Gasteiger partial charge is 0.154 e. The molecule has 90 valence electrons. The number of furan rings is 1. The number of hydrogen-bond acceptors (Lipinski definition) is 3.